The molecule has 7 heteroatoms. The van der Waals surface area contributed by atoms with E-state index in [1.165, 1.54) is 0 Å². The highest BCUT2D eigenvalue weighted by Crippen LogP contribution is 2.22. The Morgan fingerprint density at radius 3 is 2.58 bits per heavy atom. The topological polar surface area (TPSA) is 81.9 Å². The molecule has 1 aliphatic carbocycles. The Balaban J connectivity index is 1.81. The smallest absolute Gasteiger partial charge is 0.270 e. The number of nitrogens with zero attached hydrogens (tertiary/aromatic N) is 4. The van der Waals surface area contributed by atoms with Crippen LogP contribution in [0.15, 0.2) is 18.6 Å². The lowest BCUT2D eigenvalue weighted by atomic mass is 9.93. The second-order valence-electron chi connectivity index (χ2n) is 7.23. The highest BCUT2D eigenvalue weighted by Gasteiger charge is 2.24. The molecule has 1 N–H and O–H groups in total. The van der Waals surface area contributed by atoms with Crippen LogP contribution in [0.2, 0.25) is 0 Å². The van der Waals surface area contributed by atoms with Crippen LogP contribution in [0.4, 0.5) is 0 Å². The molecule has 7 nitrogen and oxygen atoms in total. The number of ether oxygens (including phenoxy) is 1. The van der Waals surface area contributed by atoms with Crippen LogP contribution in [-0.4, -0.2) is 44.7 Å². The summed E-state index contributed by atoms with van der Waals surface area (Å²) in [6.07, 6.45) is 7.54. The number of carbonyl (C=O) groups is 1. The standard InChI is InChI=1S/C19H27N5O2/c1-12(2)15-9-16(23-18(22-15)17-10-20-11-24(17)3)19(25)21-13-5-7-14(26-4)8-6-13/h9-14H,5-8H2,1-4H3,(H,21,25). The van der Waals surface area contributed by atoms with E-state index in [2.05, 4.69) is 34.1 Å². The van der Waals surface area contributed by atoms with Gasteiger partial charge in [-0.05, 0) is 37.7 Å². The zero-order valence-corrected chi connectivity index (χ0v) is 15.9. The fraction of sp³-hybridized carbons (Fsp3) is 0.579. The lowest BCUT2D eigenvalue weighted by molar-refractivity contribution is 0.0598. The molecule has 0 radical (unpaired) electrons. The third kappa shape index (κ3) is 4.09. The van der Waals surface area contributed by atoms with Crippen molar-refractivity contribution in [1.29, 1.82) is 0 Å². The second-order valence-corrected chi connectivity index (χ2v) is 7.23. The number of rotatable bonds is 5. The van der Waals surface area contributed by atoms with Crippen LogP contribution in [0.3, 0.4) is 0 Å². The SMILES string of the molecule is COC1CCC(NC(=O)c2cc(C(C)C)nc(-c3cncn3C)n2)CC1. The van der Waals surface area contributed by atoms with Crippen LogP contribution in [0.25, 0.3) is 11.5 Å². The summed E-state index contributed by atoms with van der Waals surface area (Å²) in [5, 5.41) is 3.13. The third-order valence-corrected chi connectivity index (χ3v) is 4.96. The second kappa shape index (κ2) is 7.95. The van der Waals surface area contributed by atoms with Gasteiger partial charge in [0.25, 0.3) is 5.91 Å². The number of hydrogen-bond acceptors (Lipinski definition) is 5. The maximum absolute atomic E-state index is 12.8. The van der Waals surface area contributed by atoms with Gasteiger partial charge in [0.15, 0.2) is 5.82 Å². The summed E-state index contributed by atoms with van der Waals surface area (Å²) in [7, 11) is 3.64. The largest absolute Gasteiger partial charge is 0.381 e. The average molecular weight is 357 g/mol. The summed E-state index contributed by atoms with van der Waals surface area (Å²) in [6.45, 7) is 4.12. The fourth-order valence-electron chi connectivity index (χ4n) is 3.27. The molecule has 3 rings (SSSR count). The third-order valence-electron chi connectivity index (χ3n) is 4.96. The first-order chi connectivity index (χ1) is 12.5. The Morgan fingerprint density at radius 1 is 1.27 bits per heavy atom. The molecule has 0 aromatic carbocycles. The van der Waals surface area contributed by atoms with Crippen molar-refractivity contribution in [2.24, 2.45) is 7.05 Å². The number of imidazole rings is 1. The number of carbonyl (C=O) groups excluding carboxylic acids is 1. The van der Waals surface area contributed by atoms with Gasteiger partial charge in [-0.1, -0.05) is 13.8 Å². The Morgan fingerprint density at radius 2 is 2.00 bits per heavy atom. The molecule has 140 valence electrons. The van der Waals surface area contributed by atoms with Gasteiger partial charge in [-0.2, -0.15) is 0 Å². The van der Waals surface area contributed by atoms with Crippen LogP contribution < -0.4 is 5.32 Å². The van der Waals surface area contributed by atoms with Gasteiger partial charge in [0.2, 0.25) is 0 Å². The van der Waals surface area contributed by atoms with Crippen molar-refractivity contribution in [3.63, 3.8) is 0 Å². The van der Waals surface area contributed by atoms with Crippen molar-refractivity contribution < 1.29 is 9.53 Å². The number of nitrogens with one attached hydrogen (secondary N) is 1. The Kier molecular flexibility index (Phi) is 5.66. The molecule has 0 atom stereocenters. The molecule has 2 heterocycles. The molecule has 2 aromatic rings. The molecular weight excluding hydrogens is 330 g/mol. The van der Waals surface area contributed by atoms with E-state index in [-0.39, 0.29) is 17.9 Å². The molecule has 0 aliphatic heterocycles. The molecule has 1 saturated carbocycles. The molecule has 0 bridgehead atoms. The normalized spacial score (nSPS) is 20.3. The maximum Gasteiger partial charge on any atom is 0.270 e. The van der Waals surface area contributed by atoms with Crippen LogP contribution in [0, 0.1) is 0 Å². The first-order valence-corrected chi connectivity index (χ1v) is 9.17. The highest BCUT2D eigenvalue weighted by molar-refractivity contribution is 5.93. The van der Waals surface area contributed by atoms with Gasteiger partial charge >= 0.3 is 0 Å². The summed E-state index contributed by atoms with van der Waals surface area (Å²) in [4.78, 5) is 26.0. The van der Waals surface area contributed by atoms with Gasteiger partial charge in [0.1, 0.15) is 11.4 Å². The van der Waals surface area contributed by atoms with Gasteiger partial charge in [0.05, 0.1) is 18.6 Å². The van der Waals surface area contributed by atoms with Gasteiger partial charge < -0.3 is 14.6 Å². The van der Waals surface area contributed by atoms with E-state index in [0.29, 0.717) is 17.6 Å². The fourth-order valence-corrected chi connectivity index (χ4v) is 3.27. The van der Waals surface area contributed by atoms with Gasteiger partial charge in [-0.15, -0.1) is 0 Å². The number of aromatic nitrogens is 4. The predicted octanol–water partition coefficient (Wildman–Crippen LogP) is 2.69. The van der Waals surface area contributed by atoms with Crippen molar-refractivity contribution in [2.45, 2.75) is 57.6 Å². The Hall–Kier alpha value is -2.28. The van der Waals surface area contributed by atoms with Crippen molar-refractivity contribution >= 4 is 5.91 Å². The molecule has 2 aromatic heterocycles. The maximum atomic E-state index is 12.8. The van der Waals surface area contributed by atoms with Gasteiger partial charge in [-0.25, -0.2) is 15.0 Å². The first kappa shape index (κ1) is 18.5. The molecule has 1 fully saturated rings. The summed E-state index contributed by atoms with van der Waals surface area (Å²) in [6, 6.07) is 1.97. The van der Waals surface area contributed by atoms with Crippen molar-refractivity contribution in [3.8, 4) is 11.5 Å². The van der Waals surface area contributed by atoms with Crippen molar-refractivity contribution in [3.05, 3.63) is 30.0 Å². The predicted molar refractivity (Wildman–Crippen MR) is 98.8 cm³/mol. The molecule has 0 spiro atoms. The number of aryl methyl sites for hydroxylation is 1. The average Bonchev–Trinajstić information content (AvgIpc) is 3.08. The number of methoxy groups -OCH3 is 1. The van der Waals surface area contributed by atoms with E-state index in [9.17, 15) is 4.79 Å². The molecule has 0 unspecified atom stereocenters. The highest BCUT2D eigenvalue weighted by atomic mass is 16.5. The van der Waals surface area contributed by atoms with Crippen LogP contribution in [0.5, 0.6) is 0 Å². The minimum atomic E-state index is -0.140. The number of hydrogen-bond donors (Lipinski definition) is 1. The van der Waals surface area contributed by atoms with Crippen molar-refractivity contribution in [2.75, 3.05) is 7.11 Å². The Bertz CT molecular complexity index is 763. The zero-order valence-electron chi connectivity index (χ0n) is 15.9. The zero-order chi connectivity index (χ0) is 18.7. The minimum absolute atomic E-state index is 0.140. The van der Waals surface area contributed by atoms with Crippen LogP contribution >= 0.6 is 0 Å². The first-order valence-electron chi connectivity index (χ1n) is 9.17. The quantitative estimate of drug-likeness (QED) is 0.890. The summed E-state index contributed by atoms with van der Waals surface area (Å²) in [5.41, 5.74) is 2.06. The molecule has 1 aliphatic rings. The van der Waals surface area contributed by atoms with Crippen LogP contribution in [0.1, 0.15) is 61.6 Å². The van der Waals surface area contributed by atoms with E-state index in [4.69, 9.17) is 4.74 Å². The summed E-state index contributed by atoms with van der Waals surface area (Å²) >= 11 is 0. The monoisotopic (exact) mass is 357 g/mol. The van der Waals surface area contributed by atoms with E-state index in [1.54, 1.807) is 25.7 Å². The Labute approximate surface area is 154 Å². The van der Waals surface area contributed by atoms with Gasteiger partial charge in [-0.3, -0.25) is 4.79 Å². The lowest BCUT2D eigenvalue weighted by Crippen LogP contribution is -2.39. The van der Waals surface area contributed by atoms with Crippen molar-refractivity contribution in [1.82, 2.24) is 24.8 Å². The lowest BCUT2D eigenvalue weighted by Gasteiger charge is -2.28. The van der Waals surface area contributed by atoms with E-state index in [0.717, 1.165) is 37.1 Å². The van der Waals surface area contributed by atoms with Crippen LogP contribution in [-0.2, 0) is 11.8 Å². The molecule has 26 heavy (non-hydrogen) atoms. The molecule has 1 amide bonds. The van der Waals surface area contributed by atoms with Gasteiger partial charge in [0, 0.05) is 25.9 Å². The number of amides is 1. The summed E-state index contributed by atoms with van der Waals surface area (Å²) < 4.78 is 7.25. The minimum Gasteiger partial charge on any atom is -0.381 e. The molecular formula is C19H27N5O2. The summed E-state index contributed by atoms with van der Waals surface area (Å²) in [5.74, 6) is 0.594. The van der Waals surface area contributed by atoms with E-state index in [1.807, 2.05) is 11.6 Å². The molecule has 0 saturated heterocycles. The van der Waals surface area contributed by atoms with E-state index < -0.39 is 0 Å². The van der Waals surface area contributed by atoms with E-state index >= 15 is 0 Å².